The molecule has 2 N–H and O–H groups in total. The summed E-state index contributed by atoms with van der Waals surface area (Å²) in [6.45, 7) is 4.51. The molecule has 2 rings (SSSR count). The molecule has 1 amide bonds. The fourth-order valence-corrected chi connectivity index (χ4v) is 2.74. The van der Waals surface area contributed by atoms with E-state index in [0.717, 1.165) is 45.4 Å². The number of carbonyl (C=O) groups is 1. The number of nitrogens with zero attached hydrogens (tertiary/aromatic N) is 1. The quantitative estimate of drug-likeness (QED) is 0.801. The molecule has 2 aliphatic rings. The summed E-state index contributed by atoms with van der Waals surface area (Å²) < 4.78 is 5.51. The van der Waals surface area contributed by atoms with Crippen LogP contribution in [-0.2, 0) is 9.53 Å². The molecule has 0 radical (unpaired) electrons. The van der Waals surface area contributed by atoms with Crippen LogP contribution in [0.3, 0.4) is 0 Å². The Morgan fingerprint density at radius 3 is 2.59 bits per heavy atom. The van der Waals surface area contributed by atoms with Gasteiger partial charge in [-0.3, -0.25) is 4.79 Å². The molecule has 1 aliphatic carbocycles. The largest absolute Gasteiger partial charge is 0.378 e. The summed E-state index contributed by atoms with van der Waals surface area (Å²) in [4.78, 5) is 14.0. The highest BCUT2D eigenvalue weighted by molar-refractivity contribution is 5.76. The highest BCUT2D eigenvalue weighted by Gasteiger charge is 2.32. The van der Waals surface area contributed by atoms with Gasteiger partial charge >= 0.3 is 0 Å². The normalized spacial score (nSPS) is 30.1. The molecule has 4 nitrogen and oxygen atoms in total. The first-order valence-electron chi connectivity index (χ1n) is 6.84. The first kappa shape index (κ1) is 12.8. The number of nitrogens with two attached hydrogens (primary N) is 1. The molecule has 0 atom stereocenters. The molecule has 1 saturated carbocycles. The minimum atomic E-state index is 0.296. The molecular formula is C13H24N2O2. The molecule has 1 saturated heterocycles. The molecule has 1 heterocycles. The lowest BCUT2D eigenvalue weighted by molar-refractivity contribution is -0.135. The van der Waals surface area contributed by atoms with Crippen LogP contribution in [0.4, 0.5) is 0 Å². The number of piperidine rings is 1. The smallest absolute Gasteiger partial charge is 0.222 e. The van der Waals surface area contributed by atoms with Gasteiger partial charge in [0.15, 0.2) is 0 Å². The molecule has 17 heavy (non-hydrogen) atoms. The van der Waals surface area contributed by atoms with E-state index in [-0.39, 0.29) is 0 Å². The molecule has 0 unspecified atom stereocenters. The van der Waals surface area contributed by atoms with Crippen LogP contribution in [0.1, 0.15) is 39.0 Å². The minimum Gasteiger partial charge on any atom is -0.378 e. The van der Waals surface area contributed by atoms with E-state index in [1.807, 2.05) is 11.8 Å². The fourth-order valence-electron chi connectivity index (χ4n) is 2.74. The number of amides is 1. The number of hydrogen-bond donors (Lipinski definition) is 1. The summed E-state index contributed by atoms with van der Waals surface area (Å²) in [5.41, 5.74) is 5.83. The molecule has 0 aromatic heterocycles. The van der Waals surface area contributed by atoms with Crippen LogP contribution >= 0.6 is 0 Å². The van der Waals surface area contributed by atoms with Crippen molar-refractivity contribution >= 4 is 5.91 Å². The minimum absolute atomic E-state index is 0.296. The second-order valence-electron chi connectivity index (χ2n) is 5.34. The monoisotopic (exact) mass is 240 g/mol. The van der Waals surface area contributed by atoms with E-state index in [0.29, 0.717) is 30.4 Å². The zero-order chi connectivity index (χ0) is 12.3. The van der Waals surface area contributed by atoms with Gasteiger partial charge in [-0.15, -0.1) is 0 Å². The molecule has 4 heteroatoms. The van der Waals surface area contributed by atoms with E-state index in [2.05, 4.69) is 0 Å². The Balaban J connectivity index is 1.65. The van der Waals surface area contributed by atoms with Crippen molar-refractivity contribution in [3.63, 3.8) is 0 Å². The van der Waals surface area contributed by atoms with Gasteiger partial charge in [0.25, 0.3) is 0 Å². The zero-order valence-electron chi connectivity index (χ0n) is 10.7. The van der Waals surface area contributed by atoms with Crippen LogP contribution in [-0.4, -0.2) is 42.6 Å². The van der Waals surface area contributed by atoms with Crippen molar-refractivity contribution in [3.05, 3.63) is 0 Å². The summed E-state index contributed by atoms with van der Waals surface area (Å²) >= 11 is 0. The summed E-state index contributed by atoms with van der Waals surface area (Å²) in [5, 5.41) is 0. The van der Waals surface area contributed by atoms with Crippen LogP contribution < -0.4 is 5.73 Å². The average Bonchev–Trinajstić information content (AvgIpc) is 2.27. The maximum absolute atomic E-state index is 12.0. The zero-order valence-corrected chi connectivity index (χ0v) is 10.7. The Kier molecular flexibility index (Phi) is 4.40. The molecule has 2 fully saturated rings. The van der Waals surface area contributed by atoms with E-state index in [1.54, 1.807) is 0 Å². The van der Waals surface area contributed by atoms with Crippen molar-refractivity contribution in [1.29, 1.82) is 0 Å². The topological polar surface area (TPSA) is 55.6 Å². The first-order chi connectivity index (χ1) is 8.19. The predicted octanol–water partition coefficient (Wildman–Crippen LogP) is 1.14. The second kappa shape index (κ2) is 5.83. The van der Waals surface area contributed by atoms with Gasteiger partial charge in [-0.05, 0) is 38.5 Å². The molecule has 0 aromatic carbocycles. The predicted molar refractivity (Wildman–Crippen MR) is 66.5 cm³/mol. The third-order valence-electron chi connectivity index (χ3n) is 3.95. The molecule has 0 bridgehead atoms. The van der Waals surface area contributed by atoms with Gasteiger partial charge in [0.05, 0.1) is 6.10 Å². The Labute approximate surface area is 103 Å². The number of likely N-dealkylation sites (tertiary alicyclic amines) is 1. The summed E-state index contributed by atoms with van der Waals surface area (Å²) in [6.07, 6.45) is 5.15. The van der Waals surface area contributed by atoms with E-state index in [4.69, 9.17) is 10.5 Å². The highest BCUT2D eigenvalue weighted by atomic mass is 16.5. The van der Waals surface area contributed by atoms with Gasteiger partial charge in [-0.1, -0.05) is 0 Å². The van der Waals surface area contributed by atoms with Crippen LogP contribution in [0.5, 0.6) is 0 Å². The van der Waals surface area contributed by atoms with E-state index in [1.165, 1.54) is 0 Å². The lowest BCUT2D eigenvalue weighted by atomic mass is 9.79. The van der Waals surface area contributed by atoms with Crippen molar-refractivity contribution < 1.29 is 9.53 Å². The second-order valence-corrected chi connectivity index (χ2v) is 5.34. The standard InChI is InChI=1S/C13H24N2O2/c1-2-17-12-7-10(8-12)9-13(16)15-5-3-11(14)4-6-15/h10-12H,2-9,14H2,1H3. The molecule has 98 valence electrons. The molecule has 0 aromatic rings. The Morgan fingerprint density at radius 2 is 2.00 bits per heavy atom. The molecule has 1 aliphatic heterocycles. The maximum atomic E-state index is 12.0. The maximum Gasteiger partial charge on any atom is 0.222 e. The van der Waals surface area contributed by atoms with Gasteiger partial charge < -0.3 is 15.4 Å². The third kappa shape index (κ3) is 3.42. The van der Waals surface area contributed by atoms with Gasteiger partial charge in [-0.25, -0.2) is 0 Å². The van der Waals surface area contributed by atoms with Crippen molar-refractivity contribution in [1.82, 2.24) is 4.90 Å². The first-order valence-corrected chi connectivity index (χ1v) is 6.84. The van der Waals surface area contributed by atoms with E-state index < -0.39 is 0 Å². The SMILES string of the molecule is CCOC1CC(CC(=O)N2CCC(N)CC2)C1. The molecular weight excluding hydrogens is 216 g/mol. The van der Waals surface area contributed by atoms with Crippen LogP contribution in [0, 0.1) is 5.92 Å². The number of hydrogen-bond acceptors (Lipinski definition) is 3. The van der Waals surface area contributed by atoms with Crippen molar-refractivity contribution in [3.8, 4) is 0 Å². The van der Waals surface area contributed by atoms with E-state index in [9.17, 15) is 4.79 Å². The summed E-state index contributed by atoms with van der Waals surface area (Å²) in [5.74, 6) is 0.867. The average molecular weight is 240 g/mol. The van der Waals surface area contributed by atoms with Gasteiger partial charge in [0.1, 0.15) is 0 Å². The van der Waals surface area contributed by atoms with E-state index >= 15 is 0 Å². The van der Waals surface area contributed by atoms with Gasteiger partial charge in [0.2, 0.25) is 5.91 Å². The Hall–Kier alpha value is -0.610. The van der Waals surface area contributed by atoms with Crippen LogP contribution in [0.25, 0.3) is 0 Å². The number of carbonyl (C=O) groups excluding carboxylic acids is 1. The fraction of sp³-hybridized carbons (Fsp3) is 0.923. The van der Waals surface area contributed by atoms with Gasteiger partial charge in [0, 0.05) is 32.2 Å². The van der Waals surface area contributed by atoms with Crippen molar-refractivity contribution in [2.24, 2.45) is 11.7 Å². The summed E-state index contributed by atoms with van der Waals surface area (Å²) in [6, 6.07) is 0.296. The van der Waals surface area contributed by atoms with Crippen LogP contribution in [0.2, 0.25) is 0 Å². The number of ether oxygens (including phenoxy) is 1. The van der Waals surface area contributed by atoms with Crippen molar-refractivity contribution in [2.45, 2.75) is 51.2 Å². The Bertz CT molecular complexity index is 256. The third-order valence-corrected chi connectivity index (χ3v) is 3.95. The number of rotatable bonds is 4. The lowest BCUT2D eigenvalue weighted by Crippen LogP contribution is -2.44. The Morgan fingerprint density at radius 1 is 1.35 bits per heavy atom. The highest BCUT2D eigenvalue weighted by Crippen LogP contribution is 2.33. The van der Waals surface area contributed by atoms with Crippen molar-refractivity contribution in [2.75, 3.05) is 19.7 Å². The van der Waals surface area contributed by atoms with Crippen LogP contribution in [0.15, 0.2) is 0 Å². The molecule has 0 spiro atoms. The summed E-state index contributed by atoms with van der Waals surface area (Å²) in [7, 11) is 0. The van der Waals surface area contributed by atoms with Gasteiger partial charge in [-0.2, -0.15) is 0 Å². The lowest BCUT2D eigenvalue weighted by Gasteiger charge is -2.37.